The zero-order valence-corrected chi connectivity index (χ0v) is 12.2. The molecule has 0 aromatic heterocycles. The Bertz CT molecular complexity index is 478. The molecular weight excluding hydrogens is 306 g/mol. The summed E-state index contributed by atoms with van der Waals surface area (Å²) in [6.45, 7) is 13.5. The van der Waals surface area contributed by atoms with E-state index in [1.54, 1.807) is 0 Å². The van der Waals surface area contributed by atoms with Crippen LogP contribution in [0.2, 0.25) is 0 Å². The quantitative estimate of drug-likeness (QED) is 0.463. The molecule has 0 unspecified atom stereocenters. The van der Waals surface area contributed by atoms with Crippen LogP contribution in [-0.2, 0) is 31.3 Å². The van der Waals surface area contributed by atoms with Gasteiger partial charge in [0.25, 0.3) is 0 Å². The van der Waals surface area contributed by atoms with Crippen LogP contribution in [0, 0.1) is 20.0 Å². The second kappa shape index (κ2) is 20.2. The molecule has 0 aliphatic rings. The van der Waals surface area contributed by atoms with Crippen LogP contribution in [0.15, 0.2) is 65.7 Å². The van der Waals surface area contributed by atoms with Gasteiger partial charge in [-0.3, -0.25) is 4.99 Å². The molecule has 2 aromatic carbocycles. The first kappa shape index (κ1) is 23.9. The van der Waals surface area contributed by atoms with Crippen molar-refractivity contribution in [1.82, 2.24) is 0 Å². The topological polar surface area (TPSA) is 72.1 Å². The normalized spacial score (nSPS) is 7.33. The van der Waals surface area contributed by atoms with Gasteiger partial charge >= 0.3 is 33.9 Å². The van der Waals surface area contributed by atoms with Crippen molar-refractivity contribution >= 4 is 11.9 Å². The zero-order valence-electron chi connectivity index (χ0n) is 10.9. The third-order valence-electron chi connectivity index (χ3n) is 1.92. The van der Waals surface area contributed by atoms with Crippen LogP contribution in [0.25, 0.3) is 0 Å². The van der Waals surface area contributed by atoms with Gasteiger partial charge in [0.15, 0.2) is 0 Å². The van der Waals surface area contributed by atoms with E-state index in [0.717, 1.165) is 11.3 Å². The summed E-state index contributed by atoms with van der Waals surface area (Å²) in [5.74, 6) is 0. The Morgan fingerprint density at radius 3 is 1.48 bits per heavy atom. The molecule has 5 heteroatoms. The smallest absolute Gasteiger partial charge is 0 e. The average Bonchev–Trinajstić information content (AvgIpc) is 2.60. The summed E-state index contributed by atoms with van der Waals surface area (Å²) in [4.78, 5) is 4.35. The third-order valence-corrected chi connectivity index (χ3v) is 1.92. The maximum absolute atomic E-state index is 7.50. The Balaban J connectivity index is -0.000000414. The van der Waals surface area contributed by atoms with Gasteiger partial charge in [-0.05, 0) is 17.7 Å². The molecule has 0 fully saturated rings. The second-order valence-electron chi connectivity index (χ2n) is 3.00. The molecule has 4 nitrogen and oxygen atoms in total. The van der Waals surface area contributed by atoms with Gasteiger partial charge in [0.05, 0.1) is 5.69 Å². The number of rotatable bonds is 2. The van der Waals surface area contributed by atoms with E-state index in [4.69, 9.17) is 14.0 Å². The Kier molecular flexibility index (Phi) is 23.0. The molecule has 0 N–H and O–H groups in total. The first-order chi connectivity index (χ1) is 9.95. The largest absolute Gasteiger partial charge is 0 e. The van der Waals surface area contributed by atoms with Crippen LogP contribution in [0.5, 0.6) is 0 Å². The number of nitrogens with zero attached hydrogens (tertiary/aromatic N) is 1. The Hall–Kier alpha value is -2.14. The molecule has 0 spiro atoms. The standard InChI is InChI=1S/C13H11N.3CO.Cr/c1-3-7-12(8-4-1)11-14-13-9-5-2-6-10-13;3*1-2;/h1-11H;;;;. The summed E-state index contributed by atoms with van der Waals surface area (Å²) in [5.41, 5.74) is 2.10. The molecule has 0 aliphatic carbocycles. The molecule has 21 heavy (non-hydrogen) atoms. The first-order valence-corrected chi connectivity index (χ1v) is 5.20. The number of benzene rings is 2. The third kappa shape index (κ3) is 12.6. The first-order valence-electron chi connectivity index (χ1n) is 5.20. The van der Waals surface area contributed by atoms with Crippen LogP contribution in [0.3, 0.4) is 0 Å². The van der Waals surface area contributed by atoms with Crippen molar-refractivity contribution in [3.05, 3.63) is 86.2 Å². The molecule has 0 atom stereocenters. The van der Waals surface area contributed by atoms with Crippen LogP contribution < -0.4 is 0 Å². The van der Waals surface area contributed by atoms with Gasteiger partial charge in [-0.25, -0.2) is 0 Å². The molecular formula is C16H11CrNO3. The molecule has 2 rings (SSSR count). The summed E-state index contributed by atoms with van der Waals surface area (Å²) >= 11 is 0. The summed E-state index contributed by atoms with van der Waals surface area (Å²) < 4.78 is 22.5. The van der Waals surface area contributed by atoms with Crippen molar-refractivity contribution in [3.63, 3.8) is 0 Å². The molecule has 0 amide bonds. The Morgan fingerprint density at radius 1 is 0.667 bits per heavy atom. The minimum absolute atomic E-state index is 0. The van der Waals surface area contributed by atoms with Gasteiger partial charge < -0.3 is 0 Å². The van der Waals surface area contributed by atoms with E-state index in [1.807, 2.05) is 66.9 Å². The van der Waals surface area contributed by atoms with Crippen molar-refractivity contribution in [2.75, 3.05) is 0 Å². The van der Waals surface area contributed by atoms with Crippen molar-refractivity contribution in [2.45, 2.75) is 0 Å². The van der Waals surface area contributed by atoms with Gasteiger partial charge in [-0.2, -0.15) is 0 Å². The van der Waals surface area contributed by atoms with Gasteiger partial charge in [0.2, 0.25) is 0 Å². The number of para-hydroxylation sites is 1. The van der Waals surface area contributed by atoms with Gasteiger partial charge in [0.1, 0.15) is 0 Å². The number of aliphatic imine (C=N–C) groups is 1. The van der Waals surface area contributed by atoms with E-state index < -0.39 is 0 Å². The molecule has 0 heterocycles. The van der Waals surface area contributed by atoms with Crippen LogP contribution >= 0.6 is 0 Å². The monoisotopic (exact) mass is 317 g/mol. The summed E-state index contributed by atoms with van der Waals surface area (Å²) in [7, 11) is 0. The summed E-state index contributed by atoms with van der Waals surface area (Å²) in [6.07, 6.45) is 1.87. The minimum atomic E-state index is 0. The predicted octanol–water partition coefficient (Wildman–Crippen LogP) is 3.32. The molecule has 104 valence electrons. The van der Waals surface area contributed by atoms with Gasteiger partial charge in [-0.1, -0.05) is 48.5 Å². The molecule has 0 bridgehead atoms. The SMILES string of the molecule is C(=Nc1ccccc1)c1ccccc1.[C-]#[O+].[C-]#[O+].[C-]#[O+].[Cr]. The second-order valence-corrected chi connectivity index (χ2v) is 3.00. The van der Waals surface area contributed by atoms with Crippen molar-refractivity contribution in [1.29, 1.82) is 0 Å². The summed E-state index contributed by atoms with van der Waals surface area (Å²) in [6, 6.07) is 20.0. The van der Waals surface area contributed by atoms with Crippen LogP contribution in [0.1, 0.15) is 5.56 Å². The van der Waals surface area contributed by atoms with Gasteiger partial charge in [-0.15, -0.1) is 0 Å². The molecule has 2 aromatic rings. The van der Waals surface area contributed by atoms with Crippen LogP contribution in [0.4, 0.5) is 5.69 Å². The van der Waals surface area contributed by atoms with Crippen molar-refractivity contribution in [3.8, 4) is 0 Å². The van der Waals surface area contributed by atoms with E-state index in [9.17, 15) is 0 Å². The maximum atomic E-state index is 7.50. The summed E-state index contributed by atoms with van der Waals surface area (Å²) in [5, 5.41) is 0. The predicted molar refractivity (Wildman–Crippen MR) is 71.9 cm³/mol. The zero-order chi connectivity index (χ0) is 15.6. The van der Waals surface area contributed by atoms with E-state index in [0.29, 0.717) is 0 Å². The Labute approximate surface area is 134 Å². The van der Waals surface area contributed by atoms with Crippen LogP contribution in [-0.4, -0.2) is 6.21 Å². The van der Waals surface area contributed by atoms with Crippen molar-refractivity contribution < 1.29 is 31.3 Å². The molecule has 0 saturated carbocycles. The fourth-order valence-corrected chi connectivity index (χ4v) is 1.20. The number of hydrogen-bond acceptors (Lipinski definition) is 1. The minimum Gasteiger partial charge on any atom is 0 e. The van der Waals surface area contributed by atoms with E-state index in [1.165, 1.54) is 0 Å². The van der Waals surface area contributed by atoms with E-state index >= 15 is 0 Å². The fraction of sp³-hybridized carbons (Fsp3) is 0. The molecule has 0 saturated heterocycles. The molecule has 0 radical (unpaired) electrons. The van der Waals surface area contributed by atoms with E-state index in [-0.39, 0.29) is 17.4 Å². The fourth-order valence-electron chi connectivity index (χ4n) is 1.20. The average molecular weight is 317 g/mol. The van der Waals surface area contributed by atoms with E-state index in [2.05, 4.69) is 24.9 Å². The molecule has 0 aliphatic heterocycles. The van der Waals surface area contributed by atoms with Crippen molar-refractivity contribution in [2.24, 2.45) is 4.99 Å². The Morgan fingerprint density at radius 2 is 1.05 bits per heavy atom. The maximum Gasteiger partial charge on any atom is 0 e. The number of hydrogen-bond donors (Lipinski definition) is 0. The van der Waals surface area contributed by atoms with Gasteiger partial charge in [0, 0.05) is 23.6 Å².